The molecule has 0 aliphatic carbocycles. The van der Waals surface area contributed by atoms with Crippen LogP contribution in [0.3, 0.4) is 0 Å². The summed E-state index contributed by atoms with van der Waals surface area (Å²) in [6, 6.07) is 44.6. The minimum absolute atomic E-state index is 0.00311. The minimum Gasteiger partial charge on any atom is -0.493 e. The van der Waals surface area contributed by atoms with Crippen LogP contribution in [0.2, 0.25) is 0 Å². The van der Waals surface area contributed by atoms with Gasteiger partial charge in [0.05, 0.1) is 14.2 Å². The van der Waals surface area contributed by atoms with Crippen LogP contribution in [0.25, 0.3) is 16.8 Å². The molecular weight excluding hydrogens is 659 g/mol. The predicted molar refractivity (Wildman–Crippen MR) is 204 cm³/mol. The summed E-state index contributed by atoms with van der Waals surface area (Å²) in [4.78, 5) is 41.4. The Morgan fingerprint density at radius 2 is 1.31 bits per heavy atom. The van der Waals surface area contributed by atoms with E-state index in [2.05, 4.69) is 16.0 Å². The number of carbonyl (C=O) groups excluding carboxylic acids is 3. The number of benzene rings is 6. The number of ether oxygens (including phenoxy) is 2. The van der Waals surface area contributed by atoms with E-state index in [9.17, 15) is 14.4 Å². The van der Waals surface area contributed by atoms with Gasteiger partial charge in [-0.2, -0.15) is 0 Å². The monoisotopic (exact) mass is 693 g/mol. The molecule has 0 fully saturated rings. The minimum atomic E-state index is -0.543. The quantitative estimate of drug-likeness (QED) is 0.0875. The highest BCUT2D eigenvalue weighted by atomic mass is 32.2. The molecule has 0 spiro atoms. The third-order valence-electron chi connectivity index (χ3n) is 7.99. The van der Waals surface area contributed by atoms with Gasteiger partial charge < -0.3 is 25.4 Å². The van der Waals surface area contributed by atoms with Crippen LogP contribution < -0.4 is 25.4 Å². The van der Waals surface area contributed by atoms with Crippen molar-refractivity contribution in [3.63, 3.8) is 0 Å². The van der Waals surface area contributed by atoms with Gasteiger partial charge in [0.15, 0.2) is 11.5 Å². The number of rotatable bonds is 12. The lowest BCUT2D eigenvalue weighted by molar-refractivity contribution is -0.116. The topological polar surface area (TPSA) is 106 Å². The van der Waals surface area contributed by atoms with Crippen LogP contribution in [-0.4, -0.2) is 31.9 Å². The molecule has 6 rings (SSSR count). The van der Waals surface area contributed by atoms with E-state index in [4.69, 9.17) is 9.47 Å². The number of amides is 3. The average molecular weight is 694 g/mol. The van der Waals surface area contributed by atoms with Gasteiger partial charge in [-0.05, 0) is 77.0 Å². The zero-order valence-electron chi connectivity index (χ0n) is 28.0. The summed E-state index contributed by atoms with van der Waals surface area (Å²) in [5.74, 6) is -0.247. The van der Waals surface area contributed by atoms with Gasteiger partial charge >= 0.3 is 0 Å². The Hall–Kier alpha value is -6.32. The van der Waals surface area contributed by atoms with E-state index in [0.717, 1.165) is 21.2 Å². The van der Waals surface area contributed by atoms with E-state index in [-0.39, 0.29) is 11.6 Å². The van der Waals surface area contributed by atoms with Gasteiger partial charge in [-0.15, -0.1) is 11.8 Å². The summed E-state index contributed by atoms with van der Waals surface area (Å²) < 4.78 is 11.0. The molecule has 0 saturated carbocycles. The van der Waals surface area contributed by atoms with Gasteiger partial charge in [-0.25, -0.2) is 0 Å². The third kappa shape index (κ3) is 8.65. The maximum Gasteiger partial charge on any atom is 0.272 e. The highest BCUT2D eigenvalue weighted by Crippen LogP contribution is 2.37. The number of hydrogen-bond donors (Lipinski definition) is 3. The van der Waals surface area contributed by atoms with Crippen molar-refractivity contribution in [1.82, 2.24) is 5.32 Å². The van der Waals surface area contributed by atoms with E-state index in [1.54, 1.807) is 60.7 Å². The zero-order valence-corrected chi connectivity index (χ0v) is 28.8. The Labute approximate surface area is 300 Å². The van der Waals surface area contributed by atoms with Crippen molar-refractivity contribution in [3.05, 3.63) is 168 Å². The molecule has 3 N–H and O–H groups in total. The van der Waals surface area contributed by atoms with E-state index in [1.807, 2.05) is 91.0 Å². The van der Waals surface area contributed by atoms with Gasteiger partial charge in [0.1, 0.15) is 10.9 Å². The molecule has 8 nitrogen and oxygen atoms in total. The standard InChI is InChI=1S/C42H35N3O5S/c1-49-37-19-11-18-32(38(37)50-2)27-36(45-40(46)30-15-7-4-8-16-30)41(47)43-33-22-24-35(25-23-33)51-39(29-13-5-3-6-14-29)42(48)44-34-21-20-28-12-9-10-17-31(28)26-34/h3-27,39H,1-2H3,(H,43,47)(H,44,48)(H,45,46)/b36-27-. The predicted octanol–water partition coefficient (Wildman–Crippen LogP) is 8.74. The maximum atomic E-state index is 13.7. The van der Waals surface area contributed by atoms with Crippen molar-refractivity contribution in [2.75, 3.05) is 24.9 Å². The normalized spacial score (nSPS) is 11.7. The summed E-state index contributed by atoms with van der Waals surface area (Å²) >= 11 is 1.40. The number of carbonyl (C=O) groups is 3. The number of hydrogen-bond acceptors (Lipinski definition) is 6. The van der Waals surface area contributed by atoms with Gasteiger partial charge in [0.25, 0.3) is 11.8 Å². The average Bonchev–Trinajstić information content (AvgIpc) is 3.17. The molecular formula is C42H35N3O5S. The van der Waals surface area contributed by atoms with Crippen LogP contribution in [0.1, 0.15) is 26.7 Å². The molecule has 1 unspecified atom stereocenters. The molecule has 0 aromatic heterocycles. The number of nitrogens with one attached hydrogen (secondary N) is 3. The first-order valence-electron chi connectivity index (χ1n) is 16.1. The zero-order chi connectivity index (χ0) is 35.6. The van der Waals surface area contributed by atoms with E-state index in [1.165, 1.54) is 26.0 Å². The molecule has 3 amide bonds. The smallest absolute Gasteiger partial charge is 0.272 e. The summed E-state index contributed by atoms with van der Waals surface area (Å²) in [7, 11) is 3.03. The Morgan fingerprint density at radius 3 is 2.02 bits per heavy atom. The molecule has 0 bridgehead atoms. The second kappa shape index (κ2) is 16.4. The molecule has 0 radical (unpaired) electrons. The van der Waals surface area contributed by atoms with Crippen molar-refractivity contribution in [2.45, 2.75) is 10.1 Å². The molecule has 0 aliphatic heterocycles. The number of fused-ring (bicyclic) bond motifs is 1. The lowest BCUT2D eigenvalue weighted by Gasteiger charge is -2.18. The first-order chi connectivity index (χ1) is 24.9. The second-order valence-electron chi connectivity index (χ2n) is 11.4. The van der Waals surface area contributed by atoms with E-state index >= 15 is 0 Å². The van der Waals surface area contributed by atoms with Gasteiger partial charge in [0, 0.05) is 27.4 Å². The summed E-state index contributed by atoms with van der Waals surface area (Å²) in [5, 5.41) is 10.3. The lowest BCUT2D eigenvalue weighted by atomic mass is 10.1. The van der Waals surface area contributed by atoms with Crippen molar-refractivity contribution in [2.24, 2.45) is 0 Å². The molecule has 1 atom stereocenters. The fraction of sp³-hybridized carbons (Fsp3) is 0.0714. The first-order valence-corrected chi connectivity index (χ1v) is 17.0. The Bertz CT molecular complexity index is 2190. The van der Waals surface area contributed by atoms with Crippen LogP contribution in [0, 0.1) is 0 Å². The molecule has 9 heteroatoms. The highest BCUT2D eigenvalue weighted by Gasteiger charge is 2.23. The fourth-order valence-electron chi connectivity index (χ4n) is 5.45. The first kappa shape index (κ1) is 34.5. The third-order valence-corrected chi connectivity index (χ3v) is 9.25. The second-order valence-corrected chi connectivity index (χ2v) is 12.6. The summed E-state index contributed by atoms with van der Waals surface area (Å²) in [5.41, 5.74) is 3.01. The van der Waals surface area contributed by atoms with Gasteiger partial charge in [-0.3, -0.25) is 14.4 Å². The molecule has 0 heterocycles. The largest absolute Gasteiger partial charge is 0.493 e. The van der Waals surface area contributed by atoms with Crippen LogP contribution in [0.15, 0.2) is 156 Å². The van der Waals surface area contributed by atoms with Crippen molar-refractivity contribution >= 4 is 57.7 Å². The van der Waals surface area contributed by atoms with Crippen LogP contribution in [0.5, 0.6) is 11.5 Å². The molecule has 51 heavy (non-hydrogen) atoms. The molecule has 6 aromatic rings. The van der Waals surface area contributed by atoms with Crippen LogP contribution in [-0.2, 0) is 9.59 Å². The Kier molecular flexibility index (Phi) is 11.1. The summed E-state index contributed by atoms with van der Waals surface area (Å²) in [6.07, 6.45) is 1.54. The molecule has 0 saturated heterocycles. The molecule has 254 valence electrons. The number of para-hydroxylation sites is 1. The lowest BCUT2D eigenvalue weighted by Crippen LogP contribution is -2.30. The van der Waals surface area contributed by atoms with E-state index in [0.29, 0.717) is 34.0 Å². The van der Waals surface area contributed by atoms with E-state index < -0.39 is 17.1 Å². The van der Waals surface area contributed by atoms with Crippen LogP contribution >= 0.6 is 11.8 Å². The van der Waals surface area contributed by atoms with Crippen molar-refractivity contribution < 1.29 is 23.9 Å². The number of thioether (sulfide) groups is 1. The highest BCUT2D eigenvalue weighted by molar-refractivity contribution is 8.00. The van der Waals surface area contributed by atoms with Gasteiger partial charge in [0.2, 0.25) is 5.91 Å². The maximum absolute atomic E-state index is 13.7. The van der Waals surface area contributed by atoms with Crippen LogP contribution in [0.4, 0.5) is 11.4 Å². The summed E-state index contributed by atoms with van der Waals surface area (Å²) in [6.45, 7) is 0. The number of anilines is 2. The molecule has 6 aromatic carbocycles. The number of methoxy groups -OCH3 is 2. The molecule has 0 aliphatic rings. The van der Waals surface area contributed by atoms with Crippen molar-refractivity contribution in [1.29, 1.82) is 0 Å². The Balaban J connectivity index is 1.21. The van der Waals surface area contributed by atoms with Crippen molar-refractivity contribution in [3.8, 4) is 11.5 Å². The Morgan fingerprint density at radius 1 is 0.647 bits per heavy atom. The fourth-order valence-corrected chi connectivity index (χ4v) is 6.48. The SMILES string of the molecule is COc1cccc(/C=C(\NC(=O)c2ccccc2)C(=O)Nc2ccc(SC(C(=O)Nc3ccc4ccccc4c3)c3ccccc3)cc2)c1OC. The van der Waals surface area contributed by atoms with Gasteiger partial charge in [-0.1, -0.05) is 91.0 Å².